The first-order valence-corrected chi connectivity index (χ1v) is 7.65. The average Bonchev–Trinajstić information content (AvgIpc) is 2.88. The van der Waals surface area contributed by atoms with Crippen LogP contribution >= 0.6 is 11.8 Å². The van der Waals surface area contributed by atoms with E-state index in [4.69, 9.17) is 4.52 Å². The zero-order valence-corrected chi connectivity index (χ0v) is 12.8. The number of benzene rings is 1. The highest BCUT2D eigenvalue weighted by Crippen LogP contribution is 2.26. The van der Waals surface area contributed by atoms with E-state index in [0.29, 0.717) is 11.3 Å². The van der Waals surface area contributed by atoms with Crippen LogP contribution in [0, 0.1) is 6.92 Å². The first kappa shape index (κ1) is 15.6. The lowest BCUT2D eigenvalue weighted by atomic mass is 10.2. The Morgan fingerprint density at radius 3 is 2.90 bits per heavy atom. The van der Waals surface area contributed by atoms with Crippen LogP contribution in [0.5, 0.6) is 0 Å². The first-order valence-electron chi connectivity index (χ1n) is 6.66. The smallest absolute Gasteiger partial charge is 0.252 e. The number of rotatable bonds is 6. The quantitative estimate of drug-likeness (QED) is 0.802. The summed E-state index contributed by atoms with van der Waals surface area (Å²) >= 11 is 1.52. The maximum absolute atomic E-state index is 12.1. The van der Waals surface area contributed by atoms with Gasteiger partial charge in [-0.05, 0) is 26.0 Å². The van der Waals surface area contributed by atoms with Crippen molar-refractivity contribution in [2.24, 2.45) is 0 Å². The Kier molecular flexibility index (Phi) is 5.41. The lowest BCUT2D eigenvalue weighted by Gasteiger charge is -2.10. The zero-order chi connectivity index (χ0) is 15.2. The van der Waals surface area contributed by atoms with Crippen LogP contribution in [0.25, 0.3) is 0 Å². The van der Waals surface area contributed by atoms with E-state index in [1.54, 1.807) is 13.0 Å². The van der Waals surface area contributed by atoms with Gasteiger partial charge in [-0.15, -0.1) is 11.8 Å². The number of hydrogen-bond acceptors (Lipinski definition) is 5. The number of nitrogens with zero attached hydrogens (tertiary/aromatic N) is 1. The van der Waals surface area contributed by atoms with Gasteiger partial charge in [-0.3, -0.25) is 4.79 Å². The molecule has 0 bridgehead atoms. The highest BCUT2D eigenvalue weighted by molar-refractivity contribution is 7.98. The molecule has 0 fully saturated rings. The predicted molar refractivity (Wildman–Crippen MR) is 81.3 cm³/mol. The van der Waals surface area contributed by atoms with Gasteiger partial charge in [0.05, 0.1) is 23.1 Å². The lowest BCUT2D eigenvalue weighted by Crippen LogP contribution is -2.30. The number of carbonyl (C=O) groups is 1. The number of hydrogen-bond donors (Lipinski definition) is 2. The van der Waals surface area contributed by atoms with Crippen LogP contribution in [0.15, 0.2) is 39.8 Å². The van der Waals surface area contributed by atoms with E-state index in [1.165, 1.54) is 11.8 Å². The predicted octanol–water partition coefficient (Wildman–Crippen LogP) is 2.39. The van der Waals surface area contributed by atoms with Crippen molar-refractivity contribution >= 4 is 17.7 Å². The summed E-state index contributed by atoms with van der Waals surface area (Å²) in [6.45, 7) is 3.74. The van der Waals surface area contributed by atoms with Gasteiger partial charge in [0, 0.05) is 17.5 Å². The van der Waals surface area contributed by atoms with Gasteiger partial charge in [0.2, 0.25) is 0 Å². The maximum Gasteiger partial charge on any atom is 0.252 e. The van der Waals surface area contributed by atoms with Crippen molar-refractivity contribution in [3.05, 3.63) is 47.3 Å². The number of aliphatic hydroxyl groups excluding tert-OH is 1. The minimum atomic E-state index is -0.564. The summed E-state index contributed by atoms with van der Waals surface area (Å²) in [4.78, 5) is 13.0. The van der Waals surface area contributed by atoms with E-state index in [-0.39, 0.29) is 12.5 Å². The van der Waals surface area contributed by atoms with Gasteiger partial charge in [-0.1, -0.05) is 17.3 Å². The molecule has 1 amide bonds. The molecule has 0 aliphatic rings. The summed E-state index contributed by atoms with van der Waals surface area (Å²) < 4.78 is 5.16. The van der Waals surface area contributed by atoms with E-state index < -0.39 is 6.10 Å². The summed E-state index contributed by atoms with van der Waals surface area (Å²) in [7, 11) is 0. The minimum Gasteiger partial charge on any atom is -0.392 e. The number of carbonyl (C=O) groups excluding carboxylic acids is 1. The molecule has 2 rings (SSSR count). The molecular formula is C15H18N2O3S. The second-order valence-electron chi connectivity index (χ2n) is 4.78. The van der Waals surface area contributed by atoms with Crippen LogP contribution in [0.3, 0.4) is 0 Å². The molecule has 2 N–H and O–H groups in total. The molecule has 1 unspecified atom stereocenters. The van der Waals surface area contributed by atoms with Crippen LogP contribution in [0.2, 0.25) is 0 Å². The molecule has 1 aromatic carbocycles. The van der Waals surface area contributed by atoms with Crippen molar-refractivity contribution in [3.8, 4) is 0 Å². The van der Waals surface area contributed by atoms with Crippen molar-refractivity contribution in [2.45, 2.75) is 30.6 Å². The van der Waals surface area contributed by atoms with Crippen molar-refractivity contribution < 1.29 is 14.4 Å². The second-order valence-corrected chi connectivity index (χ2v) is 5.80. The summed E-state index contributed by atoms with van der Waals surface area (Å²) in [6, 6.07) is 9.25. The molecule has 2 aromatic rings. The van der Waals surface area contributed by atoms with Gasteiger partial charge in [0.1, 0.15) is 5.76 Å². The SMILES string of the molecule is Cc1cc(CSc2ccccc2C(=O)NCC(C)O)on1. The van der Waals surface area contributed by atoms with Gasteiger partial charge >= 0.3 is 0 Å². The molecule has 0 aliphatic heterocycles. The van der Waals surface area contributed by atoms with Crippen LogP contribution in [-0.2, 0) is 5.75 Å². The van der Waals surface area contributed by atoms with Crippen molar-refractivity contribution in [3.63, 3.8) is 0 Å². The summed E-state index contributed by atoms with van der Waals surface area (Å²) in [5.41, 5.74) is 1.44. The van der Waals surface area contributed by atoms with Crippen LogP contribution in [0.4, 0.5) is 0 Å². The Balaban J connectivity index is 2.04. The maximum atomic E-state index is 12.1. The number of aryl methyl sites for hydroxylation is 1. The van der Waals surface area contributed by atoms with Crippen LogP contribution in [0.1, 0.15) is 28.7 Å². The molecule has 112 valence electrons. The molecule has 0 saturated carbocycles. The Hall–Kier alpha value is -1.79. The molecule has 1 aromatic heterocycles. The fraction of sp³-hybridized carbons (Fsp3) is 0.333. The molecule has 21 heavy (non-hydrogen) atoms. The molecule has 1 atom stereocenters. The van der Waals surface area contributed by atoms with Crippen LogP contribution in [-0.4, -0.2) is 28.8 Å². The fourth-order valence-electron chi connectivity index (χ4n) is 1.75. The number of aliphatic hydroxyl groups is 1. The summed E-state index contributed by atoms with van der Waals surface area (Å²) in [5.74, 6) is 1.20. The molecule has 0 saturated heterocycles. The first-order chi connectivity index (χ1) is 10.1. The third-order valence-electron chi connectivity index (χ3n) is 2.74. The van der Waals surface area contributed by atoms with Crippen molar-refractivity contribution in [1.29, 1.82) is 0 Å². The normalized spacial score (nSPS) is 12.1. The van der Waals surface area contributed by atoms with Gasteiger partial charge in [0.15, 0.2) is 0 Å². The molecule has 6 heteroatoms. The molecule has 5 nitrogen and oxygen atoms in total. The standard InChI is InChI=1S/C15H18N2O3S/c1-10-7-12(20-17-10)9-21-14-6-4-3-5-13(14)15(19)16-8-11(2)18/h3-7,11,18H,8-9H2,1-2H3,(H,16,19). The number of nitrogens with one attached hydrogen (secondary N) is 1. The van der Waals surface area contributed by atoms with Crippen molar-refractivity contribution in [1.82, 2.24) is 10.5 Å². The molecule has 1 heterocycles. The number of amides is 1. The van der Waals surface area contributed by atoms with E-state index in [9.17, 15) is 9.90 Å². The fourth-order valence-corrected chi connectivity index (χ4v) is 2.67. The minimum absolute atomic E-state index is 0.187. The van der Waals surface area contributed by atoms with E-state index in [1.807, 2.05) is 31.2 Å². The highest BCUT2D eigenvalue weighted by atomic mass is 32.2. The third kappa shape index (κ3) is 4.61. The molecule has 0 radical (unpaired) electrons. The Labute approximate surface area is 127 Å². The largest absolute Gasteiger partial charge is 0.392 e. The summed E-state index contributed by atoms with van der Waals surface area (Å²) in [5, 5.41) is 15.8. The monoisotopic (exact) mass is 306 g/mol. The molecule has 0 spiro atoms. The average molecular weight is 306 g/mol. The third-order valence-corrected chi connectivity index (χ3v) is 3.83. The molecular weight excluding hydrogens is 288 g/mol. The lowest BCUT2D eigenvalue weighted by molar-refractivity contribution is 0.0921. The highest BCUT2D eigenvalue weighted by Gasteiger charge is 2.12. The summed E-state index contributed by atoms with van der Waals surface area (Å²) in [6.07, 6.45) is -0.564. The van der Waals surface area contributed by atoms with Gasteiger partial charge in [-0.2, -0.15) is 0 Å². The van der Waals surface area contributed by atoms with E-state index in [0.717, 1.165) is 16.3 Å². The number of aromatic nitrogens is 1. The van der Waals surface area contributed by atoms with Gasteiger partial charge < -0.3 is 14.9 Å². The van der Waals surface area contributed by atoms with E-state index >= 15 is 0 Å². The zero-order valence-electron chi connectivity index (χ0n) is 12.0. The Morgan fingerprint density at radius 1 is 1.48 bits per heavy atom. The van der Waals surface area contributed by atoms with Crippen molar-refractivity contribution in [2.75, 3.05) is 6.54 Å². The number of thioether (sulfide) groups is 1. The second kappa shape index (κ2) is 7.28. The Morgan fingerprint density at radius 2 is 2.24 bits per heavy atom. The topological polar surface area (TPSA) is 75.4 Å². The van der Waals surface area contributed by atoms with Gasteiger partial charge in [-0.25, -0.2) is 0 Å². The molecule has 0 aliphatic carbocycles. The van der Waals surface area contributed by atoms with E-state index in [2.05, 4.69) is 10.5 Å². The van der Waals surface area contributed by atoms with Crippen LogP contribution < -0.4 is 5.32 Å². The Bertz CT molecular complexity index is 610. The van der Waals surface area contributed by atoms with Gasteiger partial charge in [0.25, 0.3) is 5.91 Å².